The number of hydrogen-bond acceptors (Lipinski definition) is 5. The van der Waals surface area contributed by atoms with Crippen molar-refractivity contribution < 1.29 is 14.1 Å². The van der Waals surface area contributed by atoms with Crippen molar-refractivity contribution in [2.24, 2.45) is 5.73 Å². The van der Waals surface area contributed by atoms with Crippen molar-refractivity contribution in [1.29, 1.82) is 0 Å². The molecule has 1 unspecified atom stereocenters. The van der Waals surface area contributed by atoms with E-state index >= 15 is 0 Å². The highest BCUT2D eigenvalue weighted by Gasteiger charge is 2.34. The van der Waals surface area contributed by atoms with Crippen molar-refractivity contribution in [3.8, 4) is 0 Å². The van der Waals surface area contributed by atoms with Crippen LogP contribution in [-0.4, -0.2) is 38.6 Å². The Morgan fingerprint density at radius 1 is 1.24 bits per heavy atom. The topological polar surface area (TPSA) is 118 Å². The number of carbonyl (C=O) groups excluding carboxylic acids is 2. The second kappa shape index (κ2) is 6.34. The number of hydrogen-bond donors (Lipinski definition) is 2. The number of amides is 2. The summed E-state index contributed by atoms with van der Waals surface area (Å²) in [5.74, 6) is 0.161. The van der Waals surface area contributed by atoms with Gasteiger partial charge in [0.15, 0.2) is 5.69 Å². The highest BCUT2D eigenvalue weighted by Crippen LogP contribution is 2.33. The Morgan fingerprint density at radius 2 is 2.08 bits per heavy atom. The lowest BCUT2D eigenvalue weighted by Crippen LogP contribution is -2.39. The molecule has 0 bridgehead atoms. The van der Waals surface area contributed by atoms with Gasteiger partial charge in [-0.25, -0.2) is 0 Å². The Kier molecular flexibility index (Phi) is 4.03. The van der Waals surface area contributed by atoms with Crippen molar-refractivity contribution in [1.82, 2.24) is 20.3 Å². The molecule has 1 aliphatic heterocycles. The van der Waals surface area contributed by atoms with Crippen LogP contribution in [0.2, 0.25) is 0 Å². The molecule has 2 aromatic rings. The number of primary amides is 1. The van der Waals surface area contributed by atoms with Crippen LogP contribution in [0.5, 0.6) is 0 Å². The highest BCUT2D eigenvalue weighted by atomic mass is 16.5. The fourth-order valence-corrected chi connectivity index (χ4v) is 3.82. The molecule has 1 saturated heterocycles. The average Bonchev–Trinajstić information content (AvgIpc) is 3.28. The largest absolute Gasteiger partial charge is 0.364 e. The van der Waals surface area contributed by atoms with Gasteiger partial charge in [-0.1, -0.05) is 5.16 Å². The van der Waals surface area contributed by atoms with E-state index in [1.807, 2.05) is 4.90 Å². The van der Waals surface area contributed by atoms with Gasteiger partial charge in [0.1, 0.15) is 11.5 Å². The zero-order valence-corrected chi connectivity index (χ0v) is 14.0. The predicted octanol–water partition coefficient (Wildman–Crippen LogP) is 1.74. The van der Waals surface area contributed by atoms with Crippen LogP contribution >= 0.6 is 0 Å². The second-order valence-electron chi connectivity index (χ2n) is 6.72. The van der Waals surface area contributed by atoms with Crippen LogP contribution in [0.1, 0.15) is 76.1 Å². The lowest BCUT2D eigenvalue weighted by atomic mass is 9.94. The molecular formula is C17H21N5O3. The van der Waals surface area contributed by atoms with Gasteiger partial charge in [0.2, 0.25) is 0 Å². The van der Waals surface area contributed by atoms with E-state index in [0.717, 1.165) is 62.0 Å². The summed E-state index contributed by atoms with van der Waals surface area (Å²) in [5, 5.41) is 10.9. The number of nitrogens with zero attached hydrogens (tertiary/aromatic N) is 3. The molecule has 0 spiro atoms. The number of likely N-dealkylation sites (tertiary alicyclic amines) is 1. The zero-order chi connectivity index (χ0) is 17.4. The van der Waals surface area contributed by atoms with E-state index in [2.05, 4.69) is 15.4 Å². The van der Waals surface area contributed by atoms with Crippen molar-refractivity contribution in [2.75, 3.05) is 6.54 Å². The molecule has 1 atom stereocenters. The van der Waals surface area contributed by atoms with Gasteiger partial charge in [0.25, 0.3) is 11.8 Å². The summed E-state index contributed by atoms with van der Waals surface area (Å²) in [6.07, 6.45) is 6.59. The van der Waals surface area contributed by atoms with Crippen LogP contribution in [0.4, 0.5) is 0 Å². The molecule has 8 heteroatoms. The summed E-state index contributed by atoms with van der Waals surface area (Å²) in [4.78, 5) is 26.2. The number of piperidine rings is 1. The maximum absolute atomic E-state index is 13.1. The smallest absolute Gasteiger partial charge is 0.276 e. The summed E-state index contributed by atoms with van der Waals surface area (Å²) in [6.45, 7) is 0.649. The Bertz CT molecular complexity index is 809. The lowest BCUT2D eigenvalue weighted by molar-refractivity contribution is 0.0594. The summed E-state index contributed by atoms with van der Waals surface area (Å²) in [6, 6.07) is 1.48. The number of rotatable bonds is 3. The van der Waals surface area contributed by atoms with E-state index in [4.69, 9.17) is 10.3 Å². The Labute approximate surface area is 144 Å². The fraction of sp³-hybridized carbons (Fsp3) is 0.529. The quantitative estimate of drug-likeness (QED) is 0.880. The third-order valence-electron chi connectivity index (χ3n) is 5.13. The first kappa shape index (κ1) is 15.9. The van der Waals surface area contributed by atoms with Crippen LogP contribution < -0.4 is 5.73 Å². The van der Waals surface area contributed by atoms with E-state index in [-0.39, 0.29) is 17.6 Å². The zero-order valence-electron chi connectivity index (χ0n) is 14.0. The molecule has 1 aliphatic carbocycles. The van der Waals surface area contributed by atoms with E-state index in [1.165, 1.54) is 0 Å². The number of fused-ring (bicyclic) bond motifs is 1. The van der Waals surface area contributed by atoms with Gasteiger partial charge in [0.05, 0.1) is 11.7 Å². The molecule has 0 radical (unpaired) electrons. The molecule has 2 aliphatic rings. The molecule has 25 heavy (non-hydrogen) atoms. The number of aromatic amines is 1. The minimum atomic E-state index is -0.582. The summed E-state index contributed by atoms with van der Waals surface area (Å²) >= 11 is 0. The standard InChI is InChI=1S/C17H21N5O3/c18-16(23)12-9-11(19-20-12)13-6-3-4-8-22(13)17(24)15-10-5-1-2-7-14(10)25-21-15/h9,13H,1-8H2,(H2,18,23)(H,19,20). The van der Waals surface area contributed by atoms with Gasteiger partial charge in [0, 0.05) is 18.5 Å². The third kappa shape index (κ3) is 2.81. The summed E-state index contributed by atoms with van der Waals surface area (Å²) in [5.41, 5.74) is 7.60. The average molecular weight is 343 g/mol. The Hall–Kier alpha value is -2.64. The molecule has 132 valence electrons. The molecule has 0 saturated carbocycles. The van der Waals surface area contributed by atoms with Crippen molar-refractivity contribution in [2.45, 2.75) is 51.0 Å². The fourth-order valence-electron chi connectivity index (χ4n) is 3.82. The van der Waals surface area contributed by atoms with Crippen LogP contribution in [0.15, 0.2) is 10.6 Å². The number of H-pyrrole nitrogens is 1. The van der Waals surface area contributed by atoms with Gasteiger partial charge >= 0.3 is 0 Å². The highest BCUT2D eigenvalue weighted by molar-refractivity contribution is 5.94. The van der Waals surface area contributed by atoms with Crippen LogP contribution in [-0.2, 0) is 12.8 Å². The van der Waals surface area contributed by atoms with Crippen LogP contribution in [0.25, 0.3) is 0 Å². The molecule has 0 aromatic carbocycles. The van der Waals surface area contributed by atoms with Gasteiger partial charge in [-0.15, -0.1) is 0 Å². The molecule has 3 heterocycles. The molecule has 3 N–H and O–H groups in total. The van der Waals surface area contributed by atoms with Crippen molar-refractivity contribution in [3.63, 3.8) is 0 Å². The van der Waals surface area contributed by atoms with Gasteiger partial charge in [-0.3, -0.25) is 14.7 Å². The van der Waals surface area contributed by atoms with Crippen molar-refractivity contribution >= 4 is 11.8 Å². The second-order valence-corrected chi connectivity index (χ2v) is 6.72. The number of aryl methyl sites for hydroxylation is 1. The number of nitrogens with two attached hydrogens (primary N) is 1. The van der Waals surface area contributed by atoms with Crippen LogP contribution in [0.3, 0.4) is 0 Å². The molecule has 2 aromatic heterocycles. The maximum Gasteiger partial charge on any atom is 0.276 e. The van der Waals surface area contributed by atoms with E-state index in [1.54, 1.807) is 6.07 Å². The minimum Gasteiger partial charge on any atom is -0.364 e. The normalized spacial score (nSPS) is 20.3. The lowest BCUT2D eigenvalue weighted by Gasteiger charge is -2.34. The molecular weight excluding hydrogens is 322 g/mol. The maximum atomic E-state index is 13.1. The number of aromatic nitrogens is 3. The molecule has 4 rings (SSSR count). The van der Waals surface area contributed by atoms with Crippen LogP contribution in [0, 0.1) is 0 Å². The van der Waals surface area contributed by atoms with Gasteiger partial charge < -0.3 is 15.2 Å². The molecule has 2 amide bonds. The SMILES string of the molecule is NC(=O)c1cc(C2CCCCN2C(=O)c2noc3c2CCCC3)[nH]n1. The predicted molar refractivity (Wildman–Crippen MR) is 87.9 cm³/mol. The first-order valence-corrected chi connectivity index (χ1v) is 8.78. The molecule has 8 nitrogen and oxygen atoms in total. The van der Waals surface area contributed by atoms with Gasteiger partial charge in [-0.05, 0) is 44.6 Å². The summed E-state index contributed by atoms with van der Waals surface area (Å²) in [7, 11) is 0. The first-order valence-electron chi connectivity index (χ1n) is 8.78. The number of carbonyl (C=O) groups is 2. The summed E-state index contributed by atoms with van der Waals surface area (Å²) < 4.78 is 5.40. The Balaban J connectivity index is 1.63. The van der Waals surface area contributed by atoms with E-state index in [9.17, 15) is 9.59 Å². The van der Waals surface area contributed by atoms with E-state index < -0.39 is 5.91 Å². The Morgan fingerprint density at radius 3 is 2.88 bits per heavy atom. The third-order valence-corrected chi connectivity index (χ3v) is 5.13. The van der Waals surface area contributed by atoms with Crippen molar-refractivity contribution in [3.05, 3.63) is 34.5 Å². The van der Waals surface area contributed by atoms with Gasteiger partial charge in [-0.2, -0.15) is 5.10 Å². The number of nitrogens with one attached hydrogen (secondary N) is 1. The monoisotopic (exact) mass is 343 g/mol. The first-order chi connectivity index (χ1) is 12.1. The minimum absolute atomic E-state index is 0.105. The van der Waals surface area contributed by atoms with E-state index in [0.29, 0.717) is 12.2 Å². The molecule has 1 fully saturated rings.